The summed E-state index contributed by atoms with van der Waals surface area (Å²) in [5.41, 5.74) is -0.782. The lowest BCUT2D eigenvalue weighted by Crippen LogP contribution is -2.31. The van der Waals surface area contributed by atoms with Gasteiger partial charge in [0, 0.05) is 10.7 Å². The third-order valence-corrected chi connectivity index (χ3v) is 4.48. The molecule has 1 aliphatic rings. The number of nitrogens with zero attached hydrogens (tertiary/aromatic N) is 1. The maximum Gasteiger partial charge on any atom is 0.416 e. The van der Waals surface area contributed by atoms with E-state index in [9.17, 15) is 27.9 Å². The fourth-order valence-corrected chi connectivity index (χ4v) is 3.15. The first-order valence-corrected chi connectivity index (χ1v) is 8.19. The molecule has 2 aromatic carbocycles. The van der Waals surface area contributed by atoms with Gasteiger partial charge >= 0.3 is 6.18 Å². The summed E-state index contributed by atoms with van der Waals surface area (Å²) < 4.78 is 39.2. The Hall–Kier alpha value is -2.80. The van der Waals surface area contributed by atoms with Gasteiger partial charge in [-0.05, 0) is 42.8 Å². The monoisotopic (exact) mass is 395 g/mol. The highest BCUT2D eigenvalue weighted by molar-refractivity contribution is 6.30. The highest BCUT2D eigenvalue weighted by Gasteiger charge is 2.43. The van der Waals surface area contributed by atoms with Crippen molar-refractivity contribution in [2.24, 2.45) is 0 Å². The summed E-state index contributed by atoms with van der Waals surface area (Å²) in [5, 5.41) is 10.6. The Morgan fingerprint density at radius 3 is 2.33 bits per heavy atom. The summed E-state index contributed by atoms with van der Waals surface area (Å²) in [4.78, 5) is 25.6. The van der Waals surface area contributed by atoms with Crippen LogP contribution < -0.4 is 4.90 Å². The van der Waals surface area contributed by atoms with Crippen LogP contribution in [0, 0.1) is 0 Å². The Labute approximate surface area is 157 Å². The van der Waals surface area contributed by atoms with E-state index >= 15 is 0 Å². The minimum absolute atomic E-state index is 0.0856. The molecule has 1 unspecified atom stereocenters. The van der Waals surface area contributed by atoms with Crippen molar-refractivity contribution in [3.05, 3.63) is 76.0 Å². The minimum atomic E-state index is -4.60. The zero-order chi connectivity index (χ0) is 19.9. The Morgan fingerprint density at radius 1 is 1.15 bits per heavy atom. The number of halogens is 4. The number of carbonyl (C=O) groups excluding carboxylic acids is 2. The third kappa shape index (κ3) is 3.42. The van der Waals surface area contributed by atoms with Gasteiger partial charge in [0.05, 0.1) is 17.2 Å². The van der Waals surface area contributed by atoms with Crippen molar-refractivity contribution in [1.82, 2.24) is 0 Å². The summed E-state index contributed by atoms with van der Waals surface area (Å²) in [6, 6.07) is 9.23. The molecule has 0 saturated carbocycles. The second-order valence-electron chi connectivity index (χ2n) is 6.00. The predicted octanol–water partition coefficient (Wildman–Crippen LogP) is 4.85. The Balaban J connectivity index is 2.17. The number of hydrogen-bond donors (Lipinski definition) is 1. The van der Waals surface area contributed by atoms with Crippen molar-refractivity contribution in [3.8, 4) is 0 Å². The molecule has 0 fully saturated rings. The summed E-state index contributed by atoms with van der Waals surface area (Å²) >= 11 is 5.87. The number of amides is 1. The lowest BCUT2D eigenvalue weighted by molar-refractivity contribution is -0.137. The summed E-state index contributed by atoms with van der Waals surface area (Å²) in [5.74, 6) is -2.28. The van der Waals surface area contributed by atoms with Gasteiger partial charge in [0.2, 0.25) is 0 Å². The highest BCUT2D eigenvalue weighted by Crippen LogP contribution is 2.42. The summed E-state index contributed by atoms with van der Waals surface area (Å²) in [6.07, 6.45) is -4.60. The molecule has 1 amide bonds. The third-order valence-electron chi connectivity index (χ3n) is 4.22. The summed E-state index contributed by atoms with van der Waals surface area (Å²) in [6.45, 7) is 1.18. The van der Waals surface area contributed by atoms with E-state index in [2.05, 4.69) is 0 Å². The molecule has 0 saturated heterocycles. The quantitative estimate of drug-likeness (QED) is 0.808. The van der Waals surface area contributed by atoms with E-state index in [0.717, 1.165) is 23.1 Å². The average Bonchev–Trinajstić information content (AvgIpc) is 2.86. The zero-order valence-electron chi connectivity index (χ0n) is 13.9. The molecule has 0 bridgehead atoms. The molecule has 27 heavy (non-hydrogen) atoms. The Morgan fingerprint density at radius 2 is 1.78 bits per heavy atom. The van der Waals surface area contributed by atoms with Gasteiger partial charge in [-0.3, -0.25) is 14.5 Å². The molecule has 0 aliphatic carbocycles. The molecule has 0 radical (unpaired) electrons. The van der Waals surface area contributed by atoms with E-state index in [4.69, 9.17) is 11.6 Å². The van der Waals surface area contributed by atoms with Crippen LogP contribution in [0.2, 0.25) is 5.02 Å². The van der Waals surface area contributed by atoms with Gasteiger partial charge in [-0.1, -0.05) is 29.8 Å². The number of carbonyl (C=O) groups is 2. The van der Waals surface area contributed by atoms with Crippen molar-refractivity contribution in [3.63, 3.8) is 0 Å². The number of benzene rings is 2. The summed E-state index contributed by atoms with van der Waals surface area (Å²) in [7, 11) is 0. The van der Waals surface area contributed by atoms with Crippen LogP contribution in [0.1, 0.15) is 24.1 Å². The van der Waals surface area contributed by atoms with Crippen LogP contribution in [-0.2, 0) is 15.8 Å². The molecule has 0 aromatic heterocycles. The lowest BCUT2D eigenvalue weighted by atomic mass is 9.96. The van der Waals surface area contributed by atoms with E-state index < -0.39 is 35.2 Å². The Bertz CT molecular complexity index is 951. The molecule has 1 aliphatic heterocycles. The smallest absolute Gasteiger partial charge is 0.416 e. The van der Waals surface area contributed by atoms with Gasteiger partial charge in [0.15, 0.2) is 11.5 Å². The number of Topliss-reactive ketones (excluding diaryl/α,β-unsaturated/α-hetero) is 1. The average molecular weight is 396 g/mol. The molecule has 140 valence electrons. The maximum atomic E-state index is 13.1. The number of alkyl halides is 3. The topological polar surface area (TPSA) is 57.6 Å². The van der Waals surface area contributed by atoms with Crippen LogP contribution in [0.15, 0.2) is 59.9 Å². The van der Waals surface area contributed by atoms with Crippen LogP contribution in [0.25, 0.3) is 0 Å². The number of ketones is 1. The SMILES string of the molecule is CC(=O)C1=C(O)C(=O)N(c2cccc(C(F)(F)F)c2)C1c1ccc(Cl)cc1. The number of aliphatic hydroxyl groups excluding tert-OH is 1. The number of rotatable bonds is 3. The zero-order valence-corrected chi connectivity index (χ0v) is 14.7. The van der Waals surface area contributed by atoms with E-state index in [1.807, 2.05) is 0 Å². The normalized spacial score (nSPS) is 17.6. The van der Waals surface area contributed by atoms with Gasteiger partial charge < -0.3 is 5.11 Å². The van der Waals surface area contributed by atoms with Crippen LogP contribution in [0.4, 0.5) is 18.9 Å². The number of anilines is 1. The first-order chi connectivity index (χ1) is 12.6. The standard InChI is InChI=1S/C19H13ClF3NO3/c1-10(25)15-16(11-5-7-13(20)8-6-11)24(18(27)17(15)26)14-4-2-3-12(9-14)19(21,22)23/h2-9,16,26H,1H3. The van der Waals surface area contributed by atoms with Crippen molar-refractivity contribution < 1.29 is 27.9 Å². The molecule has 1 N–H and O–H groups in total. The predicted molar refractivity (Wildman–Crippen MR) is 93.5 cm³/mol. The molecule has 1 atom stereocenters. The fraction of sp³-hybridized carbons (Fsp3) is 0.158. The maximum absolute atomic E-state index is 13.1. The first kappa shape index (κ1) is 19.0. The molecule has 8 heteroatoms. The molecular weight excluding hydrogens is 383 g/mol. The van der Waals surface area contributed by atoms with Gasteiger partial charge in [-0.25, -0.2) is 0 Å². The van der Waals surface area contributed by atoms with E-state index in [1.165, 1.54) is 25.1 Å². The Kier molecular flexibility index (Phi) is 4.73. The van der Waals surface area contributed by atoms with Gasteiger partial charge in [-0.2, -0.15) is 13.2 Å². The van der Waals surface area contributed by atoms with Crippen LogP contribution in [0.5, 0.6) is 0 Å². The molecule has 2 aromatic rings. The molecule has 0 spiro atoms. The van der Waals surface area contributed by atoms with Gasteiger partial charge in [0.25, 0.3) is 5.91 Å². The molecule has 3 rings (SSSR count). The van der Waals surface area contributed by atoms with Crippen molar-refractivity contribution in [2.45, 2.75) is 19.1 Å². The molecule has 4 nitrogen and oxygen atoms in total. The van der Waals surface area contributed by atoms with Crippen LogP contribution in [0.3, 0.4) is 0 Å². The second-order valence-corrected chi connectivity index (χ2v) is 6.43. The highest BCUT2D eigenvalue weighted by atomic mass is 35.5. The number of hydrogen-bond acceptors (Lipinski definition) is 3. The first-order valence-electron chi connectivity index (χ1n) is 7.81. The van der Waals surface area contributed by atoms with Gasteiger partial charge in [-0.15, -0.1) is 0 Å². The number of aliphatic hydroxyl groups is 1. The largest absolute Gasteiger partial charge is 0.503 e. The lowest BCUT2D eigenvalue weighted by Gasteiger charge is -2.27. The van der Waals surface area contributed by atoms with Gasteiger partial charge in [0.1, 0.15) is 0 Å². The fourth-order valence-electron chi connectivity index (χ4n) is 3.02. The second kappa shape index (κ2) is 6.74. The van der Waals surface area contributed by atoms with Crippen molar-refractivity contribution in [1.29, 1.82) is 0 Å². The van der Waals surface area contributed by atoms with E-state index in [0.29, 0.717) is 10.6 Å². The van der Waals surface area contributed by atoms with E-state index in [-0.39, 0.29) is 11.3 Å². The van der Waals surface area contributed by atoms with E-state index in [1.54, 1.807) is 12.1 Å². The molecular formula is C19H13ClF3NO3. The molecule has 1 heterocycles. The minimum Gasteiger partial charge on any atom is -0.503 e. The van der Waals surface area contributed by atoms with Crippen molar-refractivity contribution in [2.75, 3.05) is 4.90 Å². The van der Waals surface area contributed by atoms with Crippen LogP contribution in [-0.4, -0.2) is 16.8 Å². The van der Waals surface area contributed by atoms with Crippen molar-refractivity contribution >= 4 is 29.0 Å². The van der Waals surface area contributed by atoms with Crippen LogP contribution >= 0.6 is 11.6 Å².